The van der Waals surface area contributed by atoms with Crippen LogP contribution in [0.25, 0.3) is 0 Å². The van der Waals surface area contributed by atoms with Gasteiger partial charge in [-0.1, -0.05) is 30.3 Å². The van der Waals surface area contributed by atoms with Gasteiger partial charge in [0.1, 0.15) is 17.3 Å². The first-order valence-corrected chi connectivity index (χ1v) is 9.24. The molecule has 1 aliphatic rings. The first kappa shape index (κ1) is 18.3. The third-order valence-corrected chi connectivity index (χ3v) is 4.81. The van der Waals surface area contributed by atoms with Crippen molar-refractivity contribution in [3.63, 3.8) is 0 Å². The molecular weight excluding hydrogens is 354 g/mol. The summed E-state index contributed by atoms with van der Waals surface area (Å²) in [5.74, 6) is 1.97. The summed E-state index contributed by atoms with van der Waals surface area (Å²) < 4.78 is 11.2. The molecule has 1 aromatic carbocycles. The summed E-state index contributed by atoms with van der Waals surface area (Å²) >= 11 is 0. The van der Waals surface area contributed by atoms with E-state index in [1.165, 1.54) is 0 Å². The van der Waals surface area contributed by atoms with E-state index >= 15 is 0 Å². The molecule has 3 aromatic rings. The molecule has 4 rings (SSSR count). The zero-order chi connectivity index (χ0) is 19.7. The number of amides is 1. The van der Waals surface area contributed by atoms with Crippen LogP contribution in [0.4, 0.5) is 5.82 Å². The standard InChI is InChI=1S/C22H23N3O3/c1-14-11-17(13-27-3)19-21(23-14)25(12-16-7-5-4-6-8-16)20(24-22(19)26)18-10-9-15(2)28-18/h4-11,20H,12-13H2,1-3H3,(H,24,26)/t20-/m0/s1. The summed E-state index contributed by atoms with van der Waals surface area (Å²) in [6.07, 6.45) is -0.432. The number of carbonyl (C=O) groups is 1. The van der Waals surface area contributed by atoms with E-state index in [1.807, 2.05) is 50.2 Å². The molecule has 0 radical (unpaired) electrons. The highest BCUT2D eigenvalue weighted by atomic mass is 16.5. The van der Waals surface area contributed by atoms with Crippen molar-refractivity contribution in [2.75, 3.05) is 12.0 Å². The van der Waals surface area contributed by atoms with Crippen molar-refractivity contribution in [1.29, 1.82) is 0 Å². The molecule has 0 unspecified atom stereocenters. The number of nitrogens with zero attached hydrogens (tertiary/aromatic N) is 2. The molecule has 2 aromatic heterocycles. The summed E-state index contributed by atoms with van der Waals surface area (Å²) in [5.41, 5.74) is 3.35. The highest BCUT2D eigenvalue weighted by Crippen LogP contribution is 2.36. The number of furan rings is 1. The molecule has 1 aliphatic heterocycles. The number of anilines is 1. The lowest BCUT2D eigenvalue weighted by molar-refractivity contribution is 0.0913. The van der Waals surface area contributed by atoms with Crippen molar-refractivity contribution in [2.24, 2.45) is 0 Å². The number of rotatable bonds is 5. The second kappa shape index (κ2) is 7.48. The fraction of sp³-hybridized carbons (Fsp3) is 0.273. The molecule has 3 heterocycles. The number of carbonyl (C=O) groups excluding carboxylic acids is 1. The maximum Gasteiger partial charge on any atom is 0.257 e. The Bertz CT molecular complexity index is 998. The van der Waals surface area contributed by atoms with Gasteiger partial charge in [-0.05, 0) is 43.2 Å². The van der Waals surface area contributed by atoms with Crippen LogP contribution in [-0.4, -0.2) is 18.0 Å². The molecule has 0 spiro atoms. The number of nitrogens with one attached hydrogen (secondary N) is 1. The first-order valence-electron chi connectivity index (χ1n) is 9.24. The monoisotopic (exact) mass is 377 g/mol. The van der Waals surface area contributed by atoms with Gasteiger partial charge < -0.3 is 19.4 Å². The summed E-state index contributed by atoms with van der Waals surface area (Å²) in [5, 5.41) is 3.09. The van der Waals surface area contributed by atoms with Crippen LogP contribution in [0.2, 0.25) is 0 Å². The molecule has 0 aliphatic carbocycles. The lowest BCUT2D eigenvalue weighted by atomic mass is 10.0. The van der Waals surface area contributed by atoms with Gasteiger partial charge in [0.05, 0.1) is 12.2 Å². The van der Waals surface area contributed by atoms with E-state index in [-0.39, 0.29) is 5.91 Å². The van der Waals surface area contributed by atoms with Gasteiger partial charge in [0.15, 0.2) is 6.17 Å². The predicted octanol–water partition coefficient (Wildman–Crippen LogP) is 3.89. The highest BCUT2D eigenvalue weighted by molar-refractivity contribution is 6.02. The van der Waals surface area contributed by atoms with Crippen molar-refractivity contribution in [2.45, 2.75) is 33.2 Å². The van der Waals surface area contributed by atoms with Gasteiger partial charge in [-0.3, -0.25) is 4.79 Å². The largest absolute Gasteiger partial charge is 0.462 e. The first-order chi connectivity index (χ1) is 13.6. The molecule has 0 fully saturated rings. The van der Waals surface area contributed by atoms with Gasteiger partial charge in [0.2, 0.25) is 0 Å². The molecule has 0 saturated carbocycles. The van der Waals surface area contributed by atoms with Gasteiger partial charge in [-0.2, -0.15) is 0 Å². The fourth-order valence-corrected chi connectivity index (χ4v) is 3.62. The Kier molecular flexibility index (Phi) is 4.88. The van der Waals surface area contributed by atoms with Gasteiger partial charge in [0, 0.05) is 19.3 Å². The van der Waals surface area contributed by atoms with E-state index in [4.69, 9.17) is 14.1 Å². The maximum absolute atomic E-state index is 13.0. The number of hydrogen-bond donors (Lipinski definition) is 1. The van der Waals surface area contributed by atoms with E-state index in [1.54, 1.807) is 7.11 Å². The van der Waals surface area contributed by atoms with Crippen molar-refractivity contribution in [3.05, 3.63) is 82.4 Å². The molecule has 0 bridgehead atoms. The van der Waals surface area contributed by atoms with E-state index in [0.29, 0.717) is 30.3 Å². The number of pyridine rings is 1. The molecule has 1 amide bonds. The van der Waals surface area contributed by atoms with E-state index in [0.717, 1.165) is 22.6 Å². The Labute approximate surface area is 164 Å². The second-order valence-corrected chi connectivity index (χ2v) is 6.99. The summed E-state index contributed by atoms with van der Waals surface area (Å²) in [4.78, 5) is 19.8. The third-order valence-electron chi connectivity index (χ3n) is 4.81. The van der Waals surface area contributed by atoms with Crippen molar-refractivity contribution >= 4 is 11.7 Å². The van der Waals surface area contributed by atoms with Crippen molar-refractivity contribution in [3.8, 4) is 0 Å². The van der Waals surface area contributed by atoms with Gasteiger partial charge in [0.25, 0.3) is 5.91 Å². The number of methoxy groups -OCH3 is 1. The number of hydrogen-bond acceptors (Lipinski definition) is 5. The minimum atomic E-state index is -0.432. The van der Waals surface area contributed by atoms with E-state index in [2.05, 4.69) is 22.3 Å². The Morgan fingerprint density at radius 2 is 1.96 bits per heavy atom. The summed E-state index contributed by atoms with van der Waals surface area (Å²) in [6.45, 7) is 4.76. The minimum absolute atomic E-state index is 0.169. The highest BCUT2D eigenvalue weighted by Gasteiger charge is 2.36. The van der Waals surface area contributed by atoms with Crippen LogP contribution < -0.4 is 10.2 Å². The Hall–Kier alpha value is -3.12. The zero-order valence-electron chi connectivity index (χ0n) is 16.2. The third kappa shape index (κ3) is 3.39. The Morgan fingerprint density at radius 3 is 2.64 bits per heavy atom. The Balaban J connectivity index is 1.85. The number of ether oxygens (including phenoxy) is 1. The summed E-state index contributed by atoms with van der Waals surface area (Å²) in [7, 11) is 1.62. The van der Waals surface area contributed by atoms with Crippen LogP contribution in [0.3, 0.4) is 0 Å². The smallest absolute Gasteiger partial charge is 0.257 e. The molecule has 1 N–H and O–H groups in total. The molecule has 6 heteroatoms. The van der Waals surface area contributed by atoms with Gasteiger partial charge in [-0.25, -0.2) is 4.98 Å². The second-order valence-electron chi connectivity index (χ2n) is 6.99. The van der Waals surface area contributed by atoms with Crippen LogP contribution in [0.5, 0.6) is 0 Å². The number of benzene rings is 1. The van der Waals surface area contributed by atoms with Crippen molar-refractivity contribution in [1.82, 2.24) is 10.3 Å². The topological polar surface area (TPSA) is 67.6 Å². The zero-order valence-corrected chi connectivity index (χ0v) is 16.2. The predicted molar refractivity (Wildman–Crippen MR) is 106 cm³/mol. The summed E-state index contributed by atoms with van der Waals surface area (Å²) in [6, 6.07) is 15.8. The SMILES string of the molecule is COCc1cc(C)nc2c1C(=O)N[C@H](c1ccc(C)o1)N2Cc1ccccc1. The fourth-order valence-electron chi connectivity index (χ4n) is 3.62. The van der Waals surface area contributed by atoms with Crippen LogP contribution in [0.1, 0.15) is 44.9 Å². The number of aryl methyl sites for hydroxylation is 2. The maximum atomic E-state index is 13.0. The quantitative estimate of drug-likeness (QED) is 0.731. The lowest BCUT2D eigenvalue weighted by Gasteiger charge is -2.38. The average molecular weight is 377 g/mol. The molecule has 0 saturated heterocycles. The van der Waals surface area contributed by atoms with Crippen LogP contribution in [0.15, 0.2) is 52.9 Å². The molecule has 6 nitrogen and oxygen atoms in total. The van der Waals surface area contributed by atoms with Crippen LogP contribution >= 0.6 is 0 Å². The van der Waals surface area contributed by atoms with Crippen LogP contribution in [-0.2, 0) is 17.9 Å². The Morgan fingerprint density at radius 1 is 1.18 bits per heavy atom. The van der Waals surface area contributed by atoms with E-state index in [9.17, 15) is 4.79 Å². The molecular formula is C22H23N3O3. The van der Waals surface area contributed by atoms with Crippen LogP contribution in [0, 0.1) is 13.8 Å². The number of fused-ring (bicyclic) bond motifs is 1. The minimum Gasteiger partial charge on any atom is -0.462 e. The van der Waals surface area contributed by atoms with E-state index < -0.39 is 6.17 Å². The lowest BCUT2D eigenvalue weighted by Crippen LogP contribution is -2.47. The van der Waals surface area contributed by atoms with Gasteiger partial charge in [-0.15, -0.1) is 0 Å². The molecule has 1 atom stereocenters. The number of aromatic nitrogens is 1. The molecule has 28 heavy (non-hydrogen) atoms. The average Bonchev–Trinajstić information content (AvgIpc) is 3.10. The molecule has 144 valence electrons. The van der Waals surface area contributed by atoms with Crippen molar-refractivity contribution < 1.29 is 13.9 Å². The normalized spacial score (nSPS) is 16.0. The van der Waals surface area contributed by atoms with Gasteiger partial charge >= 0.3 is 0 Å².